The third kappa shape index (κ3) is 3.59. The molecule has 0 saturated heterocycles. The summed E-state index contributed by atoms with van der Waals surface area (Å²) in [6.45, 7) is 2.04. The highest BCUT2D eigenvalue weighted by atomic mass is 32.2. The van der Waals surface area contributed by atoms with Gasteiger partial charge in [-0.2, -0.15) is 0 Å². The Morgan fingerprint density at radius 3 is 2.50 bits per heavy atom. The van der Waals surface area contributed by atoms with E-state index in [0.717, 1.165) is 17.7 Å². The fourth-order valence-corrected chi connectivity index (χ4v) is 4.08. The molecule has 1 heterocycles. The third-order valence-corrected chi connectivity index (χ3v) is 5.43. The Morgan fingerprint density at radius 1 is 1.25 bits per heavy atom. The van der Waals surface area contributed by atoms with Gasteiger partial charge < -0.3 is 5.73 Å². The molecule has 0 amide bonds. The van der Waals surface area contributed by atoms with Gasteiger partial charge >= 0.3 is 0 Å². The number of anilines is 1. The fraction of sp³-hybridized carbons (Fsp3) is 0.286. The number of nitrogens with one attached hydrogen (secondary N) is 1. The molecular formula is C14H18N2O2S2. The van der Waals surface area contributed by atoms with Gasteiger partial charge in [-0.25, -0.2) is 13.1 Å². The minimum Gasteiger partial charge on any atom is -0.399 e. The average Bonchev–Trinajstić information content (AvgIpc) is 2.92. The van der Waals surface area contributed by atoms with Gasteiger partial charge in [0.1, 0.15) is 0 Å². The van der Waals surface area contributed by atoms with Gasteiger partial charge in [-0.1, -0.05) is 19.4 Å². The second-order valence-corrected chi connectivity index (χ2v) is 7.24. The van der Waals surface area contributed by atoms with Gasteiger partial charge in [0.05, 0.1) is 10.9 Å². The van der Waals surface area contributed by atoms with Crippen molar-refractivity contribution in [3.63, 3.8) is 0 Å². The van der Waals surface area contributed by atoms with Gasteiger partial charge in [0.2, 0.25) is 10.0 Å². The lowest BCUT2D eigenvalue weighted by Crippen LogP contribution is -2.28. The summed E-state index contributed by atoms with van der Waals surface area (Å²) in [4.78, 5) is 1.27. The highest BCUT2D eigenvalue weighted by molar-refractivity contribution is 7.89. The summed E-state index contributed by atoms with van der Waals surface area (Å²) in [6, 6.07) is 9.94. The van der Waals surface area contributed by atoms with E-state index in [1.807, 2.05) is 24.4 Å². The Kier molecular flexibility index (Phi) is 4.80. The van der Waals surface area contributed by atoms with E-state index < -0.39 is 10.0 Å². The summed E-state index contributed by atoms with van der Waals surface area (Å²) in [5.41, 5.74) is 6.13. The SMILES string of the molecule is CCCC(NS(=O)(=O)c1ccc(N)cc1)c1cccs1. The summed E-state index contributed by atoms with van der Waals surface area (Å²) >= 11 is 1.56. The number of sulfonamides is 1. The maximum absolute atomic E-state index is 12.4. The molecule has 108 valence electrons. The van der Waals surface area contributed by atoms with Crippen molar-refractivity contribution in [3.8, 4) is 0 Å². The third-order valence-electron chi connectivity index (χ3n) is 2.95. The standard InChI is InChI=1S/C14H18N2O2S2/c1-2-4-13(14-5-3-10-19-14)16-20(17,18)12-8-6-11(15)7-9-12/h3,5-10,13,16H,2,4,15H2,1H3. The van der Waals surface area contributed by atoms with Crippen LogP contribution in [0, 0.1) is 0 Å². The number of nitrogens with two attached hydrogens (primary N) is 1. The summed E-state index contributed by atoms with van der Waals surface area (Å²) in [7, 11) is -3.52. The van der Waals surface area contributed by atoms with E-state index in [4.69, 9.17) is 5.73 Å². The monoisotopic (exact) mass is 310 g/mol. The van der Waals surface area contributed by atoms with Gasteiger partial charge in [0.15, 0.2) is 0 Å². The van der Waals surface area contributed by atoms with Crippen LogP contribution in [0.25, 0.3) is 0 Å². The number of benzene rings is 1. The molecule has 1 aromatic carbocycles. The molecule has 20 heavy (non-hydrogen) atoms. The molecule has 0 radical (unpaired) electrons. The highest BCUT2D eigenvalue weighted by Crippen LogP contribution is 2.25. The Morgan fingerprint density at radius 2 is 1.95 bits per heavy atom. The molecule has 0 saturated carbocycles. The summed E-state index contributed by atoms with van der Waals surface area (Å²) < 4.78 is 27.5. The van der Waals surface area contributed by atoms with E-state index >= 15 is 0 Å². The smallest absolute Gasteiger partial charge is 0.241 e. The lowest BCUT2D eigenvalue weighted by atomic mass is 10.1. The van der Waals surface area contributed by atoms with Crippen molar-refractivity contribution >= 4 is 27.0 Å². The molecule has 0 aliphatic heterocycles. The molecule has 2 aromatic rings. The quantitative estimate of drug-likeness (QED) is 0.805. The molecule has 1 aromatic heterocycles. The number of hydrogen-bond donors (Lipinski definition) is 2. The van der Waals surface area contributed by atoms with E-state index in [2.05, 4.69) is 4.72 Å². The van der Waals surface area contributed by atoms with E-state index in [0.29, 0.717) is 5.69 Å². The van der Waals surface area contributed by atoms with Crippen molar-refractivity contribution in [1.29, 1.82) is 0 Å². The first-order valence-electron chi connectivity index (χ1n) is 6.44. The van der Waals surface area contributed by atoms with E-state index in [-0.39, 0.29) is 10.9 Å². The predicted molar refractivity (Wildman–Crippen MR) is 83.1 cm³/mol. The molecule has 0 bridgehead atoms. The molecule has 1 unspecified atom stereocenters. The molecule has 3 N–H and O–H groups in total. The van der Waals surface area contributed by atoms with E-state index in [1.54, 1.807) is 23.5 Å². The minimum atomic E-state index is -3.52. The number of nitrogen functional groups attached to an aromatic ring is 1. The zero-order valence-electron chi connectivity index (χ0n) is 11.2. The van der Waals surface area contributed by atoms with Crippen LogP contribution in [0.15, 0.2) is 46.7 Å². The van der Waals surface area contributed by atoms with Crippen molar-refractivity contribution in [2.45, 2.75) is 30.7 Å². The van der Waals surface area contributed by atoms with Gasteiger partial charge in [-0.3, -0.25) is 0 Å². The van der Waals surface area contributed by atoms with Crippen molar-refractivity contribution in [1.82, 2.24) is 4.72 Å². The molecule has 0 fully saturated rings. The van der Waals surface area contributed by atoms with E-state index in [9.17, 15) is 8.42 Å². The summed E-state index contributed by atoms with van der Waals surface area (Å²) in [5.74, 6) is 0. The zero-order chi connectivity index (χ0) is 14.6. The van der Waals surface area contributed by atoms with Crippen LogP contribution in [0.3, 0.4) is 0 Å². The van der Waals surface area contributed by atoms with Crippen molar-refractivity contribution in [2.75, 3.05) is 5.73 Å². The molecule has 4 nitrogen and oxygen atoms in total. The van der Waals surface area contributed by atoms with Gasteiger partial charge in [-0.05, 0) is 42.1 Å². The average molecular weight is 310 g/mol. The normalized spacial score (nSPS) is 13.2. The Hall–Kier alpha value is -1.37. The second kappa shape index (κ2) is 6.39. The summed E-state index contributed by atoms with van der Waals surface area (Å²) in [5, 5.41) is 1.95. The van der Waals surface area contributed by atoms with Gasteiger partial charge in [0.25, 0.3) is 0 Å². The van der Waals surface area contributed by atoms with Crippen LogP contribution in [0.2, 0.25) is 0 Å². The highest BCUT2D eigenvalue weighted by Gasteiger charge is 2.21. The van der Waals surface area contributed by atoms with Crippen molar-refractivity contribution < 1.29 is 8.42 Å². The maximum atomic E-state index is 12.4. The maximum Gasteiger partial charge on any atom is 0.241 e. The van der Waals surface area contributed by atoms with Crippen molar-refractivity contribution in [3.05, 3.63) is 46.7 Å². The van der Waals surface area contributed by atoms with Crippen LogP contribution in [-0.4, -0.2) is 8.42 Å². The molecule has 0 aliphatic carbocycles. The second-order valence-electron chi connectivity index (χ2n) is 4.55. The first kappa shape index (κ1) is 15.0. The number of thiophene rings is 1. The Bertz CT molecular complexity index is 634. The first-order valence-corrected chi connectivity index (χ1v) is 8.80. The lowest BCUT2D eigenvalue weighted by molar-refractivity contribution is 0.540. The molecule has 0 spiro atoms. The van der Waals surface area contributed by atoms with Crippen LogP contribution >= 0.6 is 11.3 Å². The number of hydrogen-bond acceptors (Lipinski definition) is 4. The molecule has 1 atom stereocenters. The summed E-state index contributed by atoms with van der Waals surface area (Å²) in [6.07, 6.45) is 1.68. The fourth-order valence-electron chi connectivity index (χ4n) is 1.94. The number of rotatable bonds is 6. The molecule has 0 aliphatic rings. The topological polar surface area (TPSA) is 72.2 Å². The molecular weight excluding hydrogens is 292 g/mol. The Balaban J connectivity index is 2.23. The first-order chi connectivity index (χ1) is 9.53. The van der Waals surface area contributed by atoms with Gasteiger partial charge in [0, 0.05) is 10.6 Å². The minimum absolute atomic E-state index is 0.178. The van der Waals surface area contributed by atoms with Crippen molar-refractivity contribution in [2.24, 2.45) is 0 Å². The van der Waals surface area contributed by atoms with Crippen LogP contribution in [-0.2, 0) is 10.0 Å². The van der Waals surface area contributed by atoms with Crippen LogP contribution in [0.4, 0.5) is 5.69 Å². The Labute approximate surface area is 123 Å². The van der Waals surface area contributed by atoms with Crippen LogP contribution in [0.1, 0.15) is 30.7 Å². The predicted octanol–water partition coefficient (Wildman–Crippen LogP) is 3.15. The molecule has 6 heteroatoms. The van der Waals surface area contributed by atoms with Crippen LogP contribution in [0.5, 0.6) is 0 Å². The zero-order valence-corrected chi connectivity index (χ0v) is 12.9. The van der Waals surface area contributed by atoms with E-state index in [1.165, 1.54) is 12.1 Å². The van der Waals surface area contributed by atoms with Gasteiger partial charge in [-0.15, -0.1) is 11.3 Å². The lowest BCUT2D eigenvalue weighted by Gasteiger charge is -2.17. The largest absolute Gasteiger partial charge is 0.399 e. The van der Waals surface area contributed by atoms with Crippen LogP contribution < -0.4 is 10.5 Å². The molecule has 2 rings (SSSR count).